The minimum atomic E-state index is -0.535. The van der Waals surface area contributed by atoms with Crippen LogP contribution in [0.5, 0.6) is 0 Å². The third-order valence-electron chi connectivity index (χ3n) is 3.30. The van der Waals surface area contributed by atoms with Crippen LogP contribution in [0, 0.1) is 0 Å². The van der Waals surface area contributed by atoms with E-state index in [1.54, 1.807) is 6.92 Å². The standard InChI is InChI=1S/C15H21N3O3/c1-10(16)14(19)17-9-11-4-2-5-12(8-11)18-15(20)13-6-3-7-21-13/h2,4-5,8,10,13H,3,6-7,9,16H2,1H3,(H,17,19)(H,18,20)/t10-,13?/m1/s1. The zero-order chi connectivity index (χ0) is 15.2. The molecule has 0 radical (unpaired) electrons. The summed E-state index contributed by atoms with van der Waals surface area (Å²) < 4.78 is 5.34. The highest BCUT2D eigenvalue weighted by molar-refractivity contribution is 5.94. The average Bonchev–Trinajstić information content (AvgIpc) is 2.99. The van der Waals surface area contributed by atoms with Gasteiger partial charge in [0.15, 0.2) is 0 Å². The Hall–Kier alpha value is -1.92. The fourth-order valence-corrected chi connectivity index (χ4v) is 2.12. The summed E-state index contributed by atoms with van der Waals surface area (Å²) in [5, 5.41) is 5.57. The van der Waals surface area contributed by atoms with Gasteiger partial charge in [-0.25, -0.2) is 0 Å². The van der Waals surface area contributed by atoms with Crippen molar-refractivity contribution in [2.45, 2.75) is 38.5 Å². The van der Waals surface area contributed by atoms with Crippen molar-refractivity contribution in [1.82, 2.24) is 5.32 Å². The van der Waals surface area contributed by atoms with Crippen molar-refractivity contribution in [2.24, 2.45) is 5.73 Å². The molecule has 1 aliphatic rings. The Balaban J connectivity index is 1.91. The van der Waals surface area contributed by atoms with Crippen LogP contribution in [0.3, 0.4) is 0 Å². The van der Waals surface area contributed by atoms with Crippen LogP contribution in [0.25, 0.3) is 0 Å². The maximum absolute atomic E-state index is 12.0. The second-order valence-electron chi connectivity index (χ2n) is 5.20. The van der Waals surface area contributed by atoms with Crippen molar-refractivity contribution in [1.29, 1.82) is 0 Å². The molecule has 2 atom stereocenters. The lowest BCUT2D eigenvalue weighted by Gasteiger charge is -2.12. The molecule has 1 aliphatic heterocycles. The van der Waals surface area contributed by atoms with E-state index in [1.807, 2.05) is 24.3 Å². The van der Waals surface area contributed by atoms with Gasteiger partial charge in [-0.05, 0) is 37.5 Å². The first-order valence-electron chi connectivity index (χ1n) is 7.11. The molecule has 2 rings (SSSR count). The Morgan fingerprint density at radius 2 is 2.29 bits per heavy atom. The van der Waals surface area contributed by atoms with Crippen molar-refractivity contribution in [3.63, 3.8) is 0 Å². The molecule has 0 saturated carbocycles. The topological polar surface area (TPSA) is 93.5 Å². The zero-order valence-electron chi connectivity index (χ0n) is 12.1. The van der Waals surface area contributed by atoms with Crippen LogP contribution in [0.1, 0.15) is 25.3 Å². The van der Waals surface area contributed by atoms with E-state index in [2.05, 4.69) is 10.6 Å². The fraction of sp³-hybridized carbons (Fsp3) is 0.467. The Labute approximate surface area is 124 Å². The summed E-state index contributed by atoms with van der Waals surface area (Å²) in [6.45, 7) is 2.65. The van der Waals surface area contributed by atoms with Crippen LogP contribution < -0.4 is 16.4 Å². The molecule has 1 unspecified atom stereocenters. The minimum absolute atomic E-state index is 0.121. The van der Waals surface area contributed by atoms with Gasteiger partial charge in [0.2, 0.25) is 5.91 Å². The molecule has 0 bridgehead atoms. The van der Waals surface area contributed by atoms with E-state index in [-0.39, 0.29) is 17.9 Å². The quantitative estimate of drug-likeness (QED) is 0.747. The van der Waals surface area contributed by atoms with Gasteiger partial charge in [0.25, 0.3) is 5.91 Å². The van der Waals surface area contributed by atoms with Crippen molar-refractivity contribution in [3.8, 4) is 0 Å². The third-order valence-corrected chi connectivity index (χ3v) is 3.30. The van der Waals surface area contributed by atoms with Gasteiger partial charge in [-0.15, -0.1) is 0 Å². The number of carbonyl (C=O) groups excluding carboxylic acids is 2. The van der Waals surface area contributed by atoms with E-state index in [9.17, 15) is 9.59 Å². The van der Waals surface area contributed by atoms with Gasteiger partial charge in [0, 0.05) is 18.8 Å². The number of ether oxygens (including phenoxy) is 1. The first-order valence-corrected chi connectivity index (χ1v) is 7.11. The lowest BCUT2D eigenvalue weighted by atomic mass is 10.1. The number of amides is 2. The first kappa shape index (κ1) is 15.5. The van der Waals surface area contributed by atoms with Crippen LogP contribution in [0.15, 0.2) is 24.3 Å². The highest BCUT2D eigenvalue weighted by Gasteiger charge is 2.23. The Morgan fingerprint density at radius 3 is 2.95 bits per heavy atom. The number of anilines is 1. The summed E-state index contributed by atoms with van der Waals surface area (Å²) in [4.78, 5) is 23.4. The Bertz CT molecular complexity index is 511. The lowest BCUT2D eigenvalue weighted by Crippen LogP contribution is -2.37. The SMILES string of the molecule is C[C@@H](N)C(=O)NCc1cccc(NC(=O)C2CCCO2)c1. The van der Waals surface area contributed by atoms with Gasteiger partial charge in [-0.2, -0.15) is 0 Å². The first-order chi connectivity index (χ1) is 10.1. The van der Waals surface area contributed by atoms with Gasteiger partial charge in [-0.1, -0.05) is 12.1 Å². The second-order valence-corrected chi connectivity index (χ2v) is 5.20. The average molecular weight is 291 g/mol. The van der Waals surface area contributed by atoms with Gasteiger partial charge in [0.1, 0.15) is 6.10 Å². The highest BCUT2D eigenvalue weighted by atomic mass is 16.5. The van der Waals surface area contributed by atoms with E-state index < -0.39 is 6.04 Å². The molecule has 114 valence electrons. The molecule has 4 N–H and O–H groups in total. The molecule has 6 heteroatoms. The highest BCUT2D eigenvalue weighted by Crippen LogP contribution is 2.16. The number of nitrogens with two attached hydrogens (primary N) is 1. The van der Waals surface area contributed by atoms with Crippen LogP contribution in [0.2, 0.25) is 0 Å². The monoisotopic (exact) mass is 291 g/mol. The van der Waals surface area contributed by atoms with Crippen molar-refractivity contribution in [3.05, 3.63) is 29.8 Å². The van der Waals surface area contributed by atoms with E-state index in [1.165, 1.54) is 0 Å². The number of carbonyl (C=O) groups is 2. The lowest BCUT2D eigenvalue weighted by molar-refractivity contribution is -0.124. The molecule has 1 heterocycles. The van der Waals surface area contributed by atoms with Gasteiger partial charge in [-0.3, -0.25) is 9.59 Å². The molecule has 21 heavy (non-hydrogen) atoms. The number of hydrogen-bond acceptors (Lipinski definition) is 4. The van der Waals surface area contributed by atoms with Crippen LogP contribution in [-0.4, -0.2) is 30.6 Å². The van der Waals surface area contributed by atoms with Crippen LogP contribution >= 0.6 is 0 Å². The molecule has 0 aromatic heterocycles. The Kier molecular flexibility index (Phi) is 5.30. The molecule has 1 aromatic rings. The van der Waals surface area contributed by atoms with E-state index in [0.29, 0.717) is 18.8 Å². The predicted molar refractivity (Wildman–Crippen MR) is 79.5 cm³/mol. The molecular formula is C15H21N3O3. The van der Waals surface area contributed by atoms with E-state index in [4.69, 9.17) is 10.5 Å². The molecule has 0 aliphatic carbocycles. The van der Waals surface area contributed by atoms with Crippen molar-refractivity contribution < 1.29 is 14.3 Å². The molecular weight excluding hydrogens is 270 g/mol. The third kappa shape index (κ3) is 4.54. The minimum Gasteiger partial charge on any atom is -0.368 e. The normalized spacial score (nSPS) is 19.0. The number of rotatable bonds is 5. The predicted octanol–water partition coefficient (Wildman–Crippen LogP) is 0.768. The Morgan fingerprint density at radius 1 is 1.48 bits per heavy atom. The maximum atomic E-state index is 12.0. The van der Waals surface area contributed by atoms with E-state index >= 15 is 0 Å². The zero-order valence-corrected chi connectivity index (χ0v) is 12.1. The van der Waals surface area contributed by atoms with Crippen LogP contribution in [0.4, 0.5) is 5.69 Å². The van der Waals surface area contributed by atoms with Crippen molar-refractivity contribution in [2.75, 3.05) is 11.9 Å². The number of benzene rings is 1. The fourth-order valence-electron chi connectivity index (χ4n) is 2.12. The summed E-state index contributed by atoms with van der Waals surface area (Å²) in [5.74, 6) is -0.326. The smallest absolute Gasteiger partial charge is 0.253 e. The molecule has 2 amide bonds. The summed E-state index contributed by atoms with van der Waals surface area (Å²) in [6.07, 6.45) is 1.32. The summed E-state index contributed by atoms with van der Waals surface area (Å²) >= 11 is 0. The van der Waals surface area contributed by atoms with Gasteiger partial charge >= 0.3 is 0 Å². The second kappa shape index (κ2) is 7.19. The number of hydrogen-bond donors (Lipinski definition) is 3. The largest absolute Gasteiger partial charge is 0.368 e. The van der Waals surface area contributed by atoms with E-state index in [0.717, 1.165) is 18.4 Å². The van der Waals surface area contributed by atoms with Gasteiger partial charge in [0.05, 0.1) is 6.04 Å². The van der Waals surface area contributed by atoms with Gasteiger partial charge < -0.3 is 21.1 Å². The molecule has 6 nitrogen and oxygen atoms in total. The van der Waals surface area contributed by atoms with Crippen LogP contribution in [-0.2, 0) is 20.9 Å². The molecule has 0 spiro atoms. The molecule has 1 aromatic carbocycles. The van der Waals surface area contributed by atoms with Crippen molar-refractivity contribution >= 4 is 17.5 Å². The summed E-state index contributed by atoms with van der Waals surface area (Å²) in [7, 11) is 0. The summed E-state index contributed by atoms with van der Waals surface area (Å²) in [5.41, 5.74) is 7.08. The maximum Gasteiger partial charge on any atom is 0.253 e. The molecule has 1 saturated heterocycles. The molecule has 1 fully saturated rings. The summed E-state index contributed by atoms with van der Waals surface area (Å²) in [6, 6.07) is 6.81. The number of nitrogens with one attached hydrogen (secondary N) is 2.